The van der Waals surface area contributed by atoms with Crippen LogP contribution in [0, 0.1) is 6.92 Å². The fourth-order valence-corrected chi connectivity index (χ4v) is 0. The molecule has 37 valence electrons. The van der Waals surface area contributed by atoms with Gasteiger partial charge < -0.3 is 0 Å². The van der Waals surface area contributed by atoms with Crippen LogP contribution in [0.2, 0.25) is 0 Å². The van der Waals surface area contributed by atoms with Gasteiger partial charge in [-0.05, 0) is 13.3 Å². The zero-order chi connectivity index (χ0) is 5.21. The van der Waals surface area contributed by atoms with Crippen LogP contribution >= 0.6 is 34.8 Å². The van der Waals surface area contributed by atoms with Crippen molar-refractivity contribution in [3.63, 3.8) is 0 Å². The molecule has 0 saturated heterocycles. The van der Waals surface area contributed by atoms with Gasteiger partial charge in [0.1, 0.15) is 0 Å². The first-order chi connectivity index (χ1) is 2.56. The van der Waals surface area contributed by atoms with E-state index in [1.54, 1.807) is 0 Å². The Labute approximate surface area is 52.4 Å². The lowest BCUT2D eigenvalue weighted by molar-refractivity contribution is 1.07. The second-order valence-electron chi connectivity index (χ2n) is 0.865. The average molecular weight is 146 g/mol. The van der Waals surface area contributed by atoms with E-state index in [9.17, 15) is 0 Å². The molecule has 0 N–H and O–H groups in total. The summed E-state index contributed by atoms with van der Waals surface area (Å²) in [6.07, 6.45) is 0.317. The van der Waals surface area contributed by atoms with E-state index >= 15 is 0 Å². The Morgan fingerprint density at radius 3 is 1.50 bits per heavy atom. The third-order valence-corrected chi connectivity index (χ3v) is 0.850. The highest BCUT2D eigenvalue weighted by atomic mass is 35.6. The zero-order valence-electron chi connectivity index (χ0n) is 3.05. The first kappa shape index (κ1) is 6.87. The van der Waals surface area contributed by atoms with Crippen molar-refractivity contribution in [2.24, 2.45) is 0 Å². The van der Waals surface area contributed by atoms with Crippen molar-refractivity contribution in [3.05, 3.63) is 6.92 Å². The Hall–Kier alpha value is 0.870. The van der Waals surface area contributed by atoms with Crippen molar-refractivity contribution in [2.45, 2.75) is 10.2 Å². The molecule has 0 rings (SSSR count). The Kier molecular flexibility index (Phi) is 2.57. The Morgan fingerprint density at radius 2 is 1.50 bits per heavy atom. The standard InChI is InChI=1S/C3H4Cl3/c1-2-3(4,5)6/h1-2H2. The molecule has 0 aliphatic carbocycles. The molecule has 0 spiro atoms. The van der Waals surface area contributed by atoms with Crippen LogP contribution in [0.25, 0.3) is 0 Å². The molecule has 0 saturated carbocycles. The highest BCUT2D eigenvalue weighted by Crippen LogP contribution is 2.28. The van der Waals surface area contributed by atoms with Crippen molar-refractivity contribution < 1.29 is 0 Å². The average Bonchev–Trinajstić information content (AvgIpc) is 1.35. The largest absolute Gasteiger partial charge is 0.190 e. The van der Waals surface area contributed by atoms with Gasteiger partial charge in [-0.3, -0.25) is 0 Å². The second-order valence-corrected chi connectivity index (χ2v) is 3.38. The van der Waals surface area contributed by atoms with E-state index in [2.05, 4.69) is 6.92 Å². The SMILES string of the molecule is [CH2]CC(Cl)(Cl)Cl. The normalized spacial score (nSPS) is 12.0. The molecule has 3 heteroatoms. The third kappa shape index (κ3) is 4.87. The van der Waals surface area contributed by atoms with E-state index in [0.29, 0.717) is 6.42 Å². The molecule has 0 aromatic rings. The van der Waals surface area contributed by atoms with Crippen molar-refractivity contribution in [1.29, 1.82) is 0 Å². The van der Waals surface area contributed by atoms with Gasteiger partial charge in [0.2, 0.25) is 0 Å². The summed E-state index contributed by atoms with van der Waals surface area (Å²) in [5.74, 6) is 0. The minimum absolute atomic E-state index is 0.317. The Bertz CT molecular complexity index is 35.8. The topological polar surface area (TPSA) is 0 Å². The maximum absolute atomic E-state index is 5.19. The molecule has 0 atom stereocenters. The van der Waals surface area contributed by atoms with Gasteiger partial charge in [0, 0.05) is 0 Å². The van der Waals surface area contributed by atoms with Crippen LogP contribution in [0.3, 0.4) is 0 Å². The number of rotatable bonds is 0. The van der Waals surface area contributed by atoms with Gasteiger partial charge >= 0.3 is 0 Å². The molecule has 0 aliphatic heterocycles. The molecular weight excluding hydrogens is 142 g/mol. The highest BCUT2D eigenvalue weighted by Gasteiger charge is 2.14. The van der Waals surface area contributed by atoms with Crippen molar-refractivity contribution in [1.82, 2.24) is 0 Å². The number of halogens is 3. The summed E-state index contributed by atoms with van der Waals surface area (Å²) in [6.45, 7) is 3.36. The third-order valence-electron chi connectivity index (χ3n) is 0.283. The van der Waals surface area contributed by atoms with Crippen LogP contribution < -0.4 is 0 Å². The lowest BCUT2D eigenvalue weighted by Crippen LogP contribution is -1.96. The summed E-state index contributed by atoms with van der Waals surface area (Å²) in [5.41, 5.74) is 0. The molecule has 0 aromatic carbocycles. The Balaban J connectivity index is 3.17. The molecule has 6 heavy (non-hydrogen) atoms. The van der Waals surface area contributed by atoms with Crippen molar-refractivity contribution in [2.75, 3.05) is 0 Å². The fraction of sp³-hybridized carbons (Fsp3) is 0.667. The molecule has 0 aromatic heterocycles. The van der Waals surface area contributed by atoms with Crippen LogP contribution in [-0.2, 0) is 0 Å². The summed E-state index contributed by atoms with van der Waals surface area (Å²) in [4.78, 5) is 0. The summed E-state index contributed by atoms with van der Waals surface area (Å²) < 4.78 is -1.15. The molecular formula is C3H4Cl3. The summed E-state index contributed by atoms with van der Waals surface area (Å²) >= 11 is 15.6. The molecule has 0 fully saturated rings. The molecule has 0 nitrogen and oxygen atoms in total. The predicted molar refractivity (Wildman–Crippen MR) is 30.3 cm³/mol. The second kappa shape index (κ2) is 2.25. The van der Waals surface area contributed by atoms with Crippen molar-refractivity contribution in [3.8, 4) is 0 Å². The van der Waals surface area contributed by atoms with Crippen molar-refractivity contribution >= 4 is 34.8 Å². The van der Waals surface area contributed by atoms with Gasteiger partial charge in [-0.2, -0.15) is 0 Å². The van der Waals surface area contributed by atoms with Gasteiger partial charge in [-0.1, -0.05) is 34.8 Å². The summed E-state index contributed by atoms with van der Waals surface area (Å²) in [5, 5.41) is 0. The maximum atomic E-state index is 5.19. The molecule has 0 aliphatic rings. The van der Waals surface area contributed by atoms with Crippen LogP contribution in [-0.4, -0.2) is 3.79 Å². The smallest absolute Gasteiger partial charge is 0.0837 e. The maximum Gasteiger partial charge on any atom is 0.190 e. The first-order valence-electron chi connectivity index (χ1n) is 1.42. The highest BCUT2D eigenvalue weighted by molar-refractivity contribution is 6.67. The monoisotopic (exact) mass is 145 g/mol. The van der Waals surface area contributed by atoms with Crippen LogP contribution in [0.4, 0.5) is 0 Å². The van der Waals surface area contributed by atoms with E-state index in [1.807, 2.05) is 0 Å². The molecule has 1 radical (unpaired) electrons. The number of hydrogen-bond donors (Lipinski definition) is 0. The first-order valence-corrected chi connectivity index (χ1v) is 2.55. The Morgan fingerprint density at radius 1 is 1.33 bits per heavy atom. The minimum Gasteiger partial charge on any atom is -0.0837 e. The van der Waals surface area contributed by atoms with Gasteiger partial charge in [0.25, 0.3) is 0 Å². The molecule has 0 amide bonds. The summed E-state index contributed by atoms with van der Waals surface area (Å²) in [6, 6.07) is 0. The minimum atomic E-state index is -1.15. The van der Waals surface area contributed by atoms with E-state index < -0.39 is 3.79 Å². The predicted octanol–water partition coefficient (Wildman–Crippen LogP) is 2.58. The van der Waals surface area contributed by atoms with Crippen LogP contribution in [0.5, 0.6) is 0 Å². The van der Waals surface area contributed by atoms with E-state index in [-0.39, 0.29) is 0 Å². The fourth-order valence-electron chi connectivity index (χ4n) is 0. The number of hydrogen-bond acceptors (Lipinski definition) is 0. The lowest BCUT2D eigenvalue weighted by atomic mass is 10.6. The lowest BCUT2D eigenvalue weighted by Gasteiger charge is -2.02. The van der Waals surface area contributed by atoms with Gasteiger partial charge in [-0.15, -0.1) is 0 Å². The summed E-state index contributed by atoms with van der Waals surface area (Å²) in [7, 11) is 0. The van der Waals surface area contributed by atoms with Gasteiger partial charge in [0.15, 0.2) is 3.79 Å². The van der Waals surface area contributed by atoms with Crippen LogP contribution in [0.15, 0.2) is 0 Å². The van der Waals surface area contributed by atoms with Crippen LogP contribution in [0.1, 0.15) is 6.42 Å². The van der Waals surface area contributed by atoms with Gasteiger partial charge in [-0.25, -0.2) is 0 Å². The van der Waals surface area contributed by atoms with E-state index in [4.69, 9.17) is 34.8 Å². The quantitative estimate of drug-likeness (QED) is 0.461. The molecule has 0 bridgehead atoms. The molecule has 0 heterocycles. The molecule has 0 unspecified atom stereocenters. The van der Waals surface area contributed by atoms with E-state index in [0.717, 1.165) is 0 Å². The zero-order valence-corrected chi connectivity index (χ0v) is 5.32. The van der Waals surface area contributed by atoms with E-state index in [1.165, 1.54) is 0 Å². The van der Waals surface area contributed by atoms with Gasteiger partial charge in [0.05, 0.1) is 0 Å². The number of alkyl halides is 3.